The Bertz CT molecular complexity index is 3650. The van der Waals surface area contributed by atoms with Crippen molar-refractivity contribution in [2.24, 2.45) is 20.2 Å². The summed E-state index contributed by atoms with van der Waals surface area (Å²) < 4.78 is 171. The minimum absolute atomic E-state index is 0. The van der Waals surface area contributed by atoms with Gasteiger partial charge in [-0.15, -0.1) is 10.2 Å². The summed E-state index contributed by atoms with van der Waals surface area (Å²) in [6.45, 7) is 0.949. The van der Waals surface area contributed by atoms with Gasteiger partial charge in [0.1, 0.15) is 36.0 Å². The number of H-pyrrole nitrogens is 2. The number of aromatic nitrogens is 3. The second kappa shape index (κ2) is 25.3. The number of hydrogen-bond acceptors (Lipinski definition) is 21. The molecule has 0 aliphatic rings. The number of aromatic amines is 2. The van der Waals surface area contributed by atoms with Crippen molar-refractivity contribution in [1.82, 2.24) is 15.0 Å². The summed E-state index contributed by atoms with van der Waals surface area (Å²) in [5.74, 6) is -2.40. The third-order valence-electron chi connectivity index (χ3n) is 8.64. The van der Waals surface area contributed by atoms with Crippen LogP contribution in [0.1, 0.15) is 6.92 Å². The van der Waals surface area contributed by atoms with E-state index in [2.05, 4.69) is 39.3 Å². The molecular weight excluding hydrogens is 1080 g/mol. The van der Waals surface area contributed by atoms with Gasteiger partial charge >= 0.3 is 129 Å². The molecule has 0 unspecified atom stereocenters. The van der Waals surface area contributed by atoms with Crippen molar-refractivity contribution >= 4 is 107 Å². The molecule has 0 atom stereocenters. The minimum atomic E-state index is -5.68. The topological polar surface area (TPSA) is 390 Å². The fourth-order valence-corrected chi connectivity index (χ4v) is 9.29. The Balaban J connectivity index is 0.00000408. The summed E-state index contributed by atoms with van der Waals surface area (Å²) in [5.41, 5.74) is -2.94. The van der Waals surface area contributed by atoms with Gasteiger partial charge in [0.15, 0.2) is 9.84 Å². The molecule has 6 aromatic rings. The van der Waals surface area contributed by atoms with Crippen LogP contribution < -0.4 is 139 Å². The third kappa shape index (κ3) is 16.5. The molecular formula is C35H27ClN8Na4O16S5. The Hall–Kier alpha value is -1.99. The van der Waals surface area contributed by atoms with Crippen molar-refractivity contribution in [3.63, 3.8) is 0 Å². The molecule has 34 heteroatoms. The van der Waals surface area contributed by atoms with Crippen LogP contribution in [0.5, 0.6) is 5.75 Å². The van der Waals surface area contributed by atoms with Gasteiger partial charge in [-0.25, -0.2) is 47.8 Å². The van der Waals surface area contributed by atoms with Crippen LogP contribution in [0, 0.1) is 0 Å². The van der Waals surface area contributed by atoms with Gasteiger partial charge in [0.2, 0.25) is 17.2 Å². The van der Waals surface area contributed by atoms with E-state index in [1.165, 1.54) is 18.2 Å². The molecule has 0 spiro atoms. The first-order chi connectivity index (χ1) is 30.2. The SMILES string of the molecule is CCN(c1ccc(Cl)cc1)c1nc(=Nc2cccc(S(=O)(=O)CCOS(=O)(=O)O)c2)[nH]c(=Nc2cc(S(=O)(=O)[O-])cc3cc(S(=O)(=O)[O-])c(N=Nc4ccccc4S(=O)(=O)[O-])c([O-])c23)[nH]1.[Na+].[Na+].[Na+].[Na+]. The summed E-state index contributed by atoms with van der Waals surface area (Å²) in [6, 6.07) is 17.1. The predicted molar refractivity (Wildman–Crippen MR) is 221 cm³/mol. The number of sulfone groups is 1. The van der Waals surface area contributed by atoms with E-state index in [0.29, 0.717) is 28.9 Å². The molecule has 24 nitrogen and oxygen atoms in total. The fraction of sp³-hybridized carbons (Fsp3) is 0.114. The van der Waals surface area contributed by atoms with Crippen molar-refractivity contribution in [1.29, 1.82) is 0 Å². The largest absolute Gasteiger partial charge is 1.00 e. The summed E-state index contributed by atoms with van der Waals surface area (Å²) in [4.78, 5) is 16.5. The first-order valence-corrected chi connectivity index (χ1v) is 25.3. The van der Waals surface area contributed by atoms with Crippen LogP contribution in [-0.2, 0) is 54.8 Å². The van der Waals surface area contributed by atoms with Gasteiger partial charge < -0.3 is 23.7 Å². The number of nitrogens with one attached hydrogen (secondary N) is 2. The van der Waals surface area contributed by atoms with Crippen molar-refractivity contribution in [2.75, 3.05) is 23.8 Å². The molecule has 3 N–H and O–H groups in total. The second-order valence-electron chi connectivity index (χ2n) is 13.0. The van der Waals surface area contributed by atoms with E-state index in [4.69, 9.17) is 16.2 Å². The average Bonchev–Trinajstić information content (AvgIpc) is 3.20. The maximum absolute atomic E-state index is 14.2. The number of nitrogens with zero attached hydrogens (tertiary/aromatic N) is 6. The van der Waals surface area contributed by atoms with Gasteiger partial charge in [-0.3, -0.25) is 14.5 Å². The van der Waals surface area contributed by atoms with Gasteiger partial charge in [0, 0.05) is 22.6 Å². The van der Waals surface area contributed by atoms with Gasteiger partial charge in [0.25, 0.3) is 0 Å². The molecule has 0 amide bonds. The van der Waals surface area contributed by atoms with Crippen LogP contribution in [0.25, 0.3) is 10.8 Å². The number of hydrogen-bond donors (Lipinski definition) is 3. The van der Waals surface area contributed by atoms with Crippen molar-refractivity contribution in [2.45, 2.75) is 26.5 Å². The van der Waals surface area contributed by atoms with Gasteiger partial charge in [-0.05, 0) is 85.1 Å². The maximum Gasteiger partial charge on any atom is 1.00 e. The number of halogens is 1. The smallest absolute Gasteiger partial charge is 0.870 e. The van der Waals surface area contributed by atoms with Gasteiger partial charge in [-0.2, -0.15) is 13.4 Å². The number of benzene rings is 5. The summed E-state index contributed by atoms with van der Waals surface area (Å²) in [6.07, 6.45) is 0. The zero-order valence-corrected chi connectivity index (χ0v) is 49.3. The van der Waals surface area contributed by atoms with E-state index < -0.39 is 117 Å². The standard InChI is InChI=1S/C35H31ClN8O16S5.4Na/c1-2-44(23-12-10-21(36)11-13-23)35-40-33(37-22-6-5-7-24(18-22)61(46,47)15-14-60-65(57,58)59)39-34(41-35)38-27-19-25(62(48,49)50)16-20-17-29(64(54,55)56)31(32(45)30(20)27)43-42-26-8-3-4-9-28(26)63(51,52)53;;;;/h3-13,16-19,45H,2,14-15H2,1H3,(H,48,49,50)(H,51,52,53)(H,54,55,56)(H,57,58,59)(H2,37,38,39,40,41);;;;/q;4*+1/p-4. The van der Waals surface area contributed by atoms with Crippen LogP contribution in [-0.4, -0.2) is 94.2 Å². The Morgan fingerprint density at radius 3 is 1.94 bits per heavy atom. The molecule has 69 heavy (non-hydrogen) atoms. The summed E-state index contributed by atoms with van der Waals surface area (Å²) in [7, 11) is -25.5. The molecule has 0 aliphatic carbocycles. The molecule has 1 aromatic heterocycles. The van der Waals surface area contributed by atoms with Gasteiger partial charge in [-0.1, -0.05) is 35.5 Å². The number of fused-ring (bicyclic) bond motifs is 1. The molecule has 6 rings (SSSR count). The van der Waals surface area contributed by atoms with Crippen LogP contribution in [0.4, 0.5) is 34.4 Å². The van der Waals surface area contributed by atoms with E-state index in [9.17, 15) is 60.9 Å². The van der Waals surface area contributed by atoms with Crippen LogP contribution >= 0.6 is 11.6 Å². The molecule has 1 heterocycles. The first-order valence-electron chi connectivity index (χ1n) is 17.7. The van der Waals surface area contributed by atoms with Crippen LogP contribution in [0.2, 0.25) is 5.02 Å². The molecule has 0 saturated heterocycles. The molecule has 0 bridgehead atoms. The number of azo groups is 1. The van der Waals surface area contributed by atoms with E-state index in [-0.39, 0.29) is 147 Å². The van der Waals surface area contributed by atoms with Gasteiger partial charge in [0.05, 0.1) is 49.0 Å². The molecule has 0 aliphatic heterocycles. The Labute approximate surface area is 487 Å². The predicted octanol–water partition coefficient (Wildman–Crippen LogP) is -9.02. The third-order valence-corrected chi connectivity index (χ3v) is 13.6. The van der Waals surface area contributed by atoms with Crippen molar-refractivity contribution in [3.05, 3.63) is 107 Å². The first kappa shape index (κ1) is 63.1. The molecule has 344 valence electrons. The van der Waals surface area contributed by atoms with Crippen LogP contribution in [0.15, 0.2) is 131 Å². The number of rotatable bonds is 15. The second-order valence-corrected chi connectivity index (χ2v) is 20.7. The monoisotopic (exact) mass is 1100 g/mol. The number of anilines is 2. The van der Waals surface area contributed by atoms with E-state index in [1.54, 1.807) is 36.1 Å². The van der Waals surface area contributed by atoms with Crippen molar-refractivity contribution in [3.8, 4) is 5.75 Å². The molecule has 0 fully saturated rings. The zero-order valence-electron chi connectivity index (χ0n) is 36.5. The molecule has 0 radical (unpaired) electrons. The quantitative estimate of drug-likeness (QED) is 0.0488. The van der Waals surface area contributed by atoms with E-state index in [0.717, 1.165) is 30.3 Å². The van der Waals surface area contributed by atoms with Crippen molar-refractivity contribution < 1.29 is 188 Å². The zero-order chi connectivity index (χ0) is 47.7. The van der Waals surface area contributed by atoms with E-state index >= 15 is 0 Å². The minimum Gasteiger partial charge on any atom is -0.870 e. The Morgan fingerprint density at radius 2 is 1.35 bits per heavy atom. The average molecular weight is 1100 g/mol. The maximum atomic E-state index is 14.2. The molecule has 0 saturated carbocycles. The molecule has 5 aromatic carbocycles. The Morgan fingerprint density at radius 1 is 0.710 bits per heavy atom. The summed E-state index contributed by atoms with van der Waals surface area (Å²) in [5, 5.41) is 20.4. The normalized spacial score (nSPS) is 12.7. The fourth-order valence-electron chi connectivity index (χ4n) is 5.86. The summed E-state index contributed by atoms with van der Waals surface area (Å²) >= 11 is 6.10. The van der Waals surface area contributed by atoms with E-state index in [1.807, 2.05) is 0 Å². The Kier molecular flexibility index (Phi) is 23.1. The van der Waals surface area contributed by atoms with Crippen LogP contribution in [0.3, 0.4) is 0 Å².